The van der Waals surface area contributed by atoms with Gasteiger partial charge in [-0.1, -0.05) is 34.1 Å². The van der Waals surface area contributed by atoms with Crippen molar-refractivity contribution >= 4 is 29.6 Å². The van der Waals surface area contributed by atoms with Gasteiger partial charge < -0.3 is 32.1 Å². The van der Waals surface area contributed by atoms with Gasteiger partial charge in [0.1, 0.15) is 18.1 Å². The Morgan fingerprint density at radius 3 is 2.25 bits per heavy atom. The molecule has 182 valence electrons. The van der Waals surface area contributed by atoms with Crippen LogP contribution >= 0.6 is 0 Å². The van der Waals surface area contributed by atoms with E-state index in [0.717, 1.165) is 0 Å². The molecular formula is C21H37N5O6. The highest BCUT2D eigenvalue weighted by Crippen LogP contribution is 2.22. The molecule has 0 aromatic rings. The van der Waals surface area contributed by atoms with E-state index in [1.807, 2.05) is 27.7 Å². The highest BCUT2D eigenvalue weighted by molar-refractivity contribution is 5.94. The van der Waals surface area contributed by atoms with E-state index in [2.05, 4.69) is 10.6 Å². The summed E-state index contributed by atoms with van der Waals surface area (Å²) in [6.45, 7) is 7.66. The van der Waals surface area contributed by atoms with Crippen LogP contribution in [0, 0.1) is 11.8 Å². The lowest BCUT2D eigenvalue weighted by Crippen LogP contribution is -2.58. The van der Waals surface area contributed by atoms with Gasteiger partial charge in [-0.05, 0) is 31.1 Å². The summed E-state index contributed by atoms with van der Waals surface area (Å²) in [6, 6.07) is -3.77. The first-order valence-electron chi connectivity index (χ1n) is 11.1. The summed E-state index contributed by atoms with van der Waals surface area (Å²) in [5.74, 6) is -3.71. The predicted molar refractivity (Wildman–Crippen MR) is 117 cm³/mol. The van der Waals surface area contributed by atoms with E-state index in [1.54, 1.807) is 0 Å². The summed E-state index contributed by atoms with van der Waals surface area (Å²) in [5.41, 5.74) is 11.0. The molecule has 0 aromatic carbocycles. The molecule has 5 atom stereocenters. The van der Waals surface area contributed by atoms with E-state index in [-0.39, 0.29) is 24.7 Å². The molecule has 11 nitrogen and oxygen atoms in total. The Bertz CT molecular complexity index is 713. The SMILES string of the molecule is CCC(C)C(NC(=O)C(N)C(C)C)C(=O)N1CCCC1C(=O)NC(CCC(N)=O)C(=O)O. The van der Waals surface area contributed by atoms with Gasteiger partial charge in [0.25, 0.3) is 0 Å². The van der Waals surface area contributed by atoms with Crippen LogP contribution in [-0.2, 0) is 24.0 Å². The topological polar surface area (TPSA) is 185 Å². The first-order chi connectivity index (χ1) is 14.9. The smallest absolute Gasteiger partial charge is 0.326 e. The third-order valence-electron chi connectivity index (χ3n) is 5.93. The number of carbonyl (C=O) groups is 5. The number of carboxylic acids is 1. The van der Waals surface area contributed by atoms with Crippen molar-refractivity contribution in [2.75, 3.05) is 6.54 Å². The van der Waals surface area contributed by atoms with Crippen molar-refractivity contribution in [3.63, 3.8) is 0 Å². The number of hydrogen-bond acceptors (Lipinski definition) is 6. The Balaban J connectivity index is 2.98. The molecule has 7 N–H and O–H groups in total. The number of primary amides is 1. The molecule has 5 unspecified atom stereocenters. The van der Waals surface area contributed by atoms with Crippen LogP contribution < -0.4 is 22.1 Å². The summed E-state index contributed by atoms with van der Waals surface area (Å²) >= 11 is 0. The number of nitrogens with two attached hydrogens (primary N) is 2. The van der Waals surface area contributed by atoms with E-state index >= 15 is 0 Å². The number of rotatable bonds is 12. The first-order valence-corrected chi connectivity index (χ1v) is 11.1. The van der Waals surface area contributed by atoms with E-state index in [1.165, 1.54) is 4.90 Å². The summed E-state index contributed by atoms with van der Waals surface area (Å²) in [4.78, 5) is 62.5. The Morgan fingerprint density at radius 1 is 1.12 bits per heavy atom. The minimum Gasteiger partial charge on any atom is -0.480 e. The van der Waals surface area contributed by atoms with E-state index in [4.69, 9.17) is 11.5 Å². The monoisotopic (exact) mass is 455 g/mol. The van der Waals surface area contributed by atoms with Crippen LogP contribution in [-0.4, -0.2) is 70.3 Å². The van der Waals surface area contributed by atoms with Crippen LogP contribution in [0.4, 0.5) is 0 Å². The molecule has 11 heteroatoms. The maximum absolute atomic E-state index is 13.3. The third-order valence-corrected chi connectivity index (χ3v) is 5.93. The van der Waals surface area contributed by atoms with Crippen LogP contribution in [0.25, 0.3) is 0 Å². The average molecular weight is 456 g/mol. The maximum Gasteiger partial charge on any atom is 0.326 e. The number of likely N-dealkylation sites (tertiary alicyclic amines) is 1. The number of hydrogen-bond donors (Lipinski definition) is 5. The van der Waals surface area contributed by atoms with Gasteiger partial charge >= 0.3 is 5.97 Å². The second-order valence-electron chi connectivity index (χ2n) is 8.74. The zero-order chi connectivity index (χ0) is 24.6. The predicted octanol–water partition coefficient (Wildman–Crippen LogP) is -0.673. The fourth-order valence-electron chi connectivity index (χ4n) is 3.53. The van der Waals surface area contributed by atoms with E-state index in [9.17, 15) is 29.1 Å². The van der Waals surface area contributed by atoms with Gasteiger partial charge in [0.15, 0.2) is 0 Å². The maximum atomic E-state index is 13.3. The standard InChI is InChI=1S/C21H37N5O6/c1-5-12(4)17(25-19(29)16(23)11(2)3)20(30)26-10-6-7-14(26)18(28)24-13(21(31)32)8-9-15(22)27/h11-14,16-17H,5-10,23H2,1-4H3,(H2,22,27)(H,24,28)(H,25,29)(H,31,32). The first kappa shape index (κ1) is 27.3. The van der Waals surface area contributed by atoms with Gasteiger partial charge in [0.05, 0.1) is 6.04 Å². The molecule has 1 aliphatic rings. The van der Waals surface area contributed by atoms with Crippen molar-refractivity contribution in [2.24, 2.45) is 23.3 Å². The summed E-state index contributed by atoms with van der Waals surface area (Å²) in [6.07, 6.45) is 1.22. The minimum absolute atomic E-state index is 0.110. The Morgan fingerprint density at radius 2 is 1.75 bits per heavy atom. The lowest BCUT2D eigenvalue weighted by molar-refractivity contribution is -0.145. The largest absolute Gasteiger partial charge is 0.480 e. The zero-order valence-electron chi connectivity index (χ0n) is 19.3. The third kappa shape index (κ3) is 7.47. The Hall–Kier alpha value is -2.69. The molecule has 0 spiro atoms. The molecular weight excluding hydrogens is 418 g/mol. The van der Waals surface area contributed by atoms with Gasteiger partial charge in [-0.2, -0.15) is 0 Å². The Kier molecular flexibility index (Phi) is 10.6. The average Bonchev–Trinajstić information content (AvgIpc) is 3.22. The van der Waals surface area contributed by atoms with Crippen molar-refractivity contribution in [3.8, 4) is 0 Å². The minimum atomic E-state index is -1.29. The summed E-state index contributed by atoms with van der Waals surface area (Å²) in [5, 5.41) is 14.5. The lowest BCUT2D eigenvalue weighted by Gasteiger charge is -2.32. The number of nitrogens with zero attached hydrogens (tertiary/aromatic N) is 1. The van der Waals surface area contributed by atoms with Crippen molar-refractivity contribution in [1.29, 1.82) is 0 Å². The van der Waals surface area contributed by atoms with Gasteiger partial charge in [-0.3, -0.25) is 19.2 Å². The van der Waals surface area contributed by atoms with Crippen LogP contribution in [0.3, 0.4) is 0 Å². The van der Waals surface area contributed by atoms with Crippen molar-refractivity contribution < 1.29 is 29.1 Å². The molecule has 0 aliphatic carbocycles. The molecule has 0 aromatic heterocycles. The van der Waals surface area contributed by atoms with Crippen LogP contribution in [0.2, 0.25) is 0 Å². The molecule has 1 heterocycles. The van der Waals surface area contributed by atoms with Crippen molar-refractivity contribution in [1.82, 2.24) is 15.5 Å². The molecule has 0 bridgehead atoms. The lowest BCUT2D eigenvalue weighted by atomic mass is 9.96. The summed E-state index contributed by atoms with van der Waals surface area (Å²) < 4.78 is 0. The normalized spacial score (nSPS) is 19.7. The number of nitrogens with one attached hydrogen (secondary N) is 2. The molecule has 32 heavy (non-hydrogen) atoms. The van der Waals surface area contributed by atoms with Gasteiger partial charge in [-0.15, -0.1) is 0 Å². The van der Waals surface area contributed by atoms with E-state index < -0.39 is 53.8 Å². The molecule has 1 fully saturated rings. The van der Waals surface area contributed by atoms with Crippen LogP contribution in [0.1, 0.15) is 59.8 Å². The molecule has 0 radical (unpaired) electrons. The van der Waals surface area contributed by atoms with Crippen LogP contribution in [0.15, 0.2) is 0 Å². The number of aliphatic carboxylic acids is 1. The fourth-order valence-corrected chi connectivity index (χ4v) is 3.53. The number of amides is 4. The second-order valence-corrected chi connectivity index (χ2v) is 8.74. The summed E-state index contributed by atoms with van der Waals surface area (Å²) in [7, 11) is 0. The Labute approximate surface area is 188 Å². The highest BCUT2D eigenvalue weighted by atomic mass is 16.4. The van der Waals surface area contributed by atoms with Crippen molar-refractivity contribution in [3.05, 3.63) is 0 Å². The van der Waals surface area contributed by atoms with Gasteiger partial charge in [0.2, 0.25) is 23.6 Å². The molecule has 4 amide bonds. The molecule has 1 aliphatic heterocycles. The molecule has 1 saturated heterocycles. The number of carboxylic acid groups (broad SMARTS) is 1. The fraction of sp³-hybridized carbons (Fsp3) is 0.762. The van der Waals surface area contributed by atoms with Gasteiger partial charge in [0, 0.05) is 13.0 Å². The number of carbonyl (C=O) groups excluding carboxylic acids is 4. The highest BCUT2D eigenvalue weighted by Gasteiger charge is 2.40. The van der Waals surface area contributed by atoms with E-state index in [0.29, 0.717) is 25.8 Å². The molecule has 1 rings (SSSR count). The van der Waals surface area contributed by atoms with Gasteiger partial charge in [-0.25, -0.2) is 4.79 Å². The zero-order valence-corrected chi connectivity index (χ0v) is 19.3. The second kappa shape index (κ2) is 12.4. The van der Waals surface area contributed by atoms with Crippen molar-refractivity contribution in [2.45, 2.75) is 84.0 Å². The molecule has 0 saturated carbocycles. The van der Waals surface area contributed by atoms with Crippen LogP contribution in [0.5, 0.6) is 0 Å². The quantitative estimate of drug-likeness (QED) is 0.258.